The van der Waals surface area contributed by atoms with Crippen molar-refractivity contribution in [2.45, 2.75) is 64.9 Å². The van der Waals surface area contributed by atoms with Crippen molar-refractivity contribution in [3.8, 4) is 27.9 Å². The Balaban J connectivity index is 1.07. The number of hydrogen-bond donors (Lipinski definition) is 2. The molecule has 6 heteroatoms. The molecule has 0 spiro atoms. The number of benzene rings is 10. The fourth-order valence-electron chi connectivity index (χ4n) is 10.8. The summed E-state index contributed by atoms with van der Waals surface area (Å²) in [6.07, 6.45) is 4.46. The molecule has 0 saturated heterocycles. The Morgan fingerprint density at radius 2 is 0.946 bits per heavy atom. The van der Waals surface area contributed by atoms with Crippen LogP contribution >= 0.6 is 0 Å². The number of hydrogen-bond acceptors (Lipinski definition) is 4. The maximum absolute atomic E-state index is 6.63. The molecular weight excluding hydrogens is 898 g/mol. The Kier molecular flexibility index (Phi) is 13.3. The quantitative estimate of drug-likeness (QED) is 0.101. The van der Waals surface area contributed by atoms with E-state index in [2.05, 4.69) is 267 Å². The van der Waals surface area contributed by atoms with Gasteiger partial charge in [0.15, 0.2) is 0 Å². The van der Waals surface area contributed by atoms with Crippen LogP contribution in [0.25, 0.3) is 60.5 Å². The molecule has 0 aliphatic heterocycles. The molecule has 0 bridgehead atoms. The third-order valence-electron chi connectivity index (χ3n) is 14.7. The molecule has 10 aromatic carbocycles. The minimum absolute atomic E-state index is 0.0656. The summed E-state index contributed by atoms with van der Waals surface area (Å²) in [5.41, 5.74) is 32.1. The standard InChI is InChI=1S/C68H64BN5/c1-5-11-47-17-21-50(22-18-47)52-27-35-57(36-28-52)72(56-33-25-49(26-34-56)46(3)70)60-41-42-63-66(45-60)74(55-13-8-7-9-14-55)65-44-43-61-62(67(63)65)15-10-16-64(61)73(59-39-31-54(32-40-59)68(4,69)71)58-37-29-53(30-38-58)51-23-19-48(12-6-2)20-24-51/h7-10,13-46H,5-6,11-12,69-71H2,1-4H3. The lowest BCUT2D eigenvalue weighted by Crippen LogP contribution is -2.33. The van der Waals surface area contributed by atoms with E-state index in [1.807, 2.05) is 6.92 Å². The Bertz CT molecular complexity index is 3710. The zero-order valence-corrected chi connectivity index (χ0v) is 43.3. The lowest BCUT2D eigenvalue weighted by atomic mass is 9.75. The zero-order valence-electron chi connectivity index (χ0n) is 43.3. The highest BCUT2D eigenvalue weighted by Gasteiger charge is 2.23. The van der Waals surface area contributed by atoms with Crippen molar-refractivity contribution in [2.24, 2.45) is 11.5 Å². The lowest BCUT2D eigenvalue weighted by Gasteiger charge is -2.28. The van der Waals surface area contributed by atoms with Gasteiger partial charge in [-0.05, 0) is 155 Å². The Labute approximate surface area is 437 Å². The average molecular weight is 962 g/mol. The van der Waals surface area contributed by atoms with Crippen molar-refractivity contribution < 1.29 is 0 Å². The summed E-state index contributed by atoms with van der Waals surface area (Å²) in [6, 6.07) is 82.5. The van der Waals surface area contributed by atoms with Gasteiger partial charge in [-0.2, -0.15) is 0 Å². The van der Waals surface area contributed by atoms with Crippen LogP contribution in [0, 0.1) is 0 Å². The van der Waals surface area contributed by atoms with Crippen molar-refractivity contribution in [3.05, 3.63) is 247 Å². The molecule has 1 aromatic heterocycles. The fourth-order valence-corrected chi connectivity index (χ4v) is 10.8. The van der Waals surface area contributed by atoms with Gasteiger partial charge in [-0.3, -0.25) is 0 Å². The van der Waals surface area contributed by atoms with E-state index < -0.39 is 5.44 Å². The van der Waals surface area contributed by atoms with Crippen LogP contribution < -0.4 is 21.3 Å². The second-order valence-electron chi connectivity index (χ2n) is 20.5. The second kappa shape index (κ2) is 20.4. The fraction of sp³-hybridized carbons (Fsp3) is 0.147. The van der Waals surface area contributed by atoms with Crippen LogP contribution in [0.5, 0.6) is 0 Å². The number of nitrogens with two attached hydrogens (primary N) is 2. The molecule has 0 aliphatic rings. The van der Waals surface area contributed by atoms with E-state index in [0.29, 0.717) is 0 Å². The summed E-state index contributed by atoms with van der Waals surface area (Å²) in [5, 5.41) is 4.73. The molecule has 11 rings (SSSR count). The van der Waals surface area contributed by atoms with Gasteiger partial charge >= 0.3 is 0 Å². The molecule has 1 heterocycles. The summed E-state index contributed by atoms with van der Waals surface area (Å²) >= 11 is 0. The molecule has 0 amide bonds. The summed E-state index contributed by atoms with van der Waals surface area (Å²) in [6.45, 7) is 8.55. The van der Waals surface area contributed by atoms with Crippen LogP contribution in [0.4, 0.5) is 34.1 Å². The van der Waals surface area contributed by atoms with E-state index in [1.54, 1.807) is 0 Å². The topological polar surface area (TPSA) is 63.4 Å². The third kappa shape index (κ3) is 9.39. The van der Waals surface area contributed by atoms with Crippen molar-refractivity contribution >= 4 is 74.5 Å². The highest BCUT2D eigenvalue weighted by Crippen LogP contribution is 2.46. The first-order valence-electron chi connectivity index (χ1n) is 26.4. The van der Waals surface area contributed by atoms with E-state index in [4.69, 9.17) is 11.5 Å². The van der Waals surface area contributed by atoms with Gasteiger partial charge in [-0.1, -0.05) is 173 Å². The average Bonchev–Trinajstić information content (AvgIpc) is 3.78. The number of fused-ring (bicyclic) bond motifs is 5. The molecule has 4 N–H and O–H groups in total. The maximum Gasteiger partial charge on any atom is 0.132 e. The Morgan fingerprint density at radius 1 is 0.473 bits per heavy atom. The number of anilines is 6. The number of nitrogens with zero attached hydrogens (tertiary/aromatic N) is 3. The zero-order chi connectivity index (χ0) is 50.9. The molecule has 0 radical (unpaired) electrons. The molecule has 0 saturated carbocycles. The van der Waals surface area contributed by atoms with Crippen LogP contribution in [-0.4, -0.2) is 12.4 Å². The predicted octanol–water partition coefficient (Wildman–Crippen LogP) is 16.9. The Morgan fingerprint density at radius 3 is 1.46 bits per heavy atom. The first-order valence-corrected chi connectivity index (χ1v) is 26.4. The monoisotopic (exact) mass is 962 g/mol. The van der Waals surface area contributed by atoms with Gasteiger partial charge in [0.2, 0.25) is 0 Å². The molecule has 0 fully saturated rings. The van der Waals surface area contributed by atoms with Gasteiger partial charge in [-0.15, -0.1) is 0 Å². The molecule has 2 unspecified atom stereocenters. The summed E-state index contributed by atoms with van der Waals surface area (Å²) in [7, 11) is 2.06. The molecular formula is C68H64BN5. The normalized spacial score (nSPS) is 12.8. The molecule has 0 aliphatic carbocycles. The van der Waals surface area contributed by atoms with Crippen molar-refractivity contribution in [2.75, 3.05) is 9.80 Å². The van der Waals surface area contributed by atoms with E-state index in [9.17, 15) is 0 Å². The smallest absolute Gasteiger partial charge is 0.132 e. The summed E-state index contributed by atoms with van der Waals surface area (Å²) in [4.78, 5) is 4.76. The number of aromatic nitrogens is 1. The molecule has 2 atom stereocenters. The maximum atomic E-state index is 6.63. The van der Waals surface area contributed by atoms with E-state index >= 15 is 0 Å². The second-order valence-corrected chi connectivity index (χ2v) is 20.5. The molecule has 74 heavy (non-hydrogen) atoms. The van der Waals surface area contributed by atoms with Crippen LogP contribution in [0.3, 0.4) is 0 Å². The first kappa shape index (κ1) is 48.1. The first-order chi connectivity index (χ1) is 36.1. The van der Waals surface area contributed by atoms with Crippen LogP contribution in [0.1, 0.15) is 68.8 Å². The highest BCUT2D eigenvalue weighted by molar-refractivity contribution is 6.24. The van der Waals surface area contributed by atoms with Gasteiger partial charge in [0, 0.05) is 61.8 Å². The number of para-hydroxylation sites is 1. The van der Waals surface area contributed by atoms with Gasteiger partial charge in [0.05, 0.1) is 16.7 Å². The minimum atomic E-state index is -0.466. The molecule has 5 nitrogen and oxygen atoms in total. The van der Waals surface area contributed by atoms with Gasteiger partial charge in [0.1, 0.15) is 7.85 Å². The molecule has 11 aromatic rings. The van der Waals surface area contributed by atoms with Crippen molar-refractivity contribution in [1.29, 1.82) is 0 Å². The summed E-state index contributed by atoms with van der Waals surface area (Å²) in [5.74, 6) is 0. The van der Waals surface area contributed by atoms with Crippen LogP contribution in [-0.2, 0) is 18.3 Å². The van der Waals surface area contributed by atoms with Gasteiger partial charge < -0.3 is 25.8 Å². The van der Waals surface area contributed by atoms with E-state index in [1.165, 1.54) is 49.5 Å². The largest absolute Gasteiger partial charge is 0.329 e. The van der Waals surface area contributed by atoms with Gasteiger partial charge in [-0.25, -0.2) is 0 Å². The number of aryl methyl sites for hydroxylation is 2. The lowest BCUT2D eigenvalue weighted by molar-refractivity contribution is 0.719. The van der Waals surface area contributed by atoms with E-state index in [0.717, 1.165) is 93.0 Å². The summed E-state index contributed by atoms with van der Waals surface area (Å²) < 4.78 is 2.43. The predicted molar refractivity (Wildman–Crippen MR) is 319 cm³/mol. The van der Waals surface area contributed by atoms with E-state index in [-0.39, 0.29) is 6.04 Å². The van der Waals surface area contributed by atoms with Crippen molar-refractivity contribution in [3.63, 3.8) is 0 Å². The van der Waals surface area contributed by atoms with Crippen molar-refractivity contribution in [1.82, 2.24) is 4.57 Å². The Hall–Kier alpha value is -8.16. The molecule has 364 valence electrons. The number of rotatable bonds is 15. The SMILES string of the molecule is BC(C)(N)c1ccc(N(c2ccc(-c3ccc(CCC)cc3)cc2)c2cccc3c2ccc2c3c3ccc(N(c4ccc(-c5ccc(CCC)cc5)cc4)c4ccc(C(C)N)cc4)cc3n2-c2ccccc2)cc1. The third-order valence-corrected chi connectivity index (χ3v) is 14.7. The highest BCUT2D eigenvalue weighted by atomic mass is 15.2. The van der Waals surface area contributed by atoms with Gasteiger partial charge in [0.25, 0.3) is 0 Å². The van der Waals surface area contributed by atoms with Crippen LogP contribution in [0.2, 0.25) is 0 Å². The van der Waals surface area contributed by atoms with Crippen LogP contribution in [0.15, 0.2) is 224 Å². The minimum Gasteiger partial charge on any atom is -0.329 e.